The lowest BCUT2D eigenvalue weighted by Crippen LogP contribution is -2.48. The summed E-state index contributed by atoms with van der Waals surface area (Å²) in [5, 5.41) is 11.0. The molecule has 27 heavy (non-hydrogen) atoms. The molecule has 2 heterocycles. The molecular weight excluding hydrogens is 383 g/mol. The van der Waals surface area contributed by atoms with Crippen LogP contribution in [0.15, 0.2) is 59.0 Å². The van der Waals surface area contributed by atoms with Crippen molar-refractivity contribution in [2.75, 3.05) is 39.3 Å². The lowest BCUT2D eigenvalue weighted by Gasteiger charge is -2.38. The minimum atomic E-state index is 0. The molecule has 1 aliphatic heterocycles. The second kappa shape index (κ2) is 9.09. The number of aliphatic hydroxyl groups excluding tert-OH is 1. The number of nitrogens with zero attached hydrogens (tertiary/aromatic N) is 2. The largest absolute Gasteiger partial charge is 0.459 e. The average molecular weight is 407 g/mol. The fourth-order valence-corrected chi connectivity index (χ4v) is 3.85. The monoisotopic (exact) mass is 406 g/mol. The molecule has 0 saturated carbocycles. The molecule has 0 bridgehead atoms. The first-order valence-corrected chi connectivity index (χ1v) is 9.43. The number of aliphatic hydroxyl groups is 1. The van der Waals surface area contributed by atoms with E-state index < -0.39 is 0 Å². The van der Waals surface area contributed by atoms with E-state index in [0.29, 0.717) is 0 Å². The van der Waals surface area contributed by atoms with Gasteiger partial charge in [-0.3, -0.25) is 9.80 Å². The summed E-state index contributed by atoms with van der Waals surface area (Å²) in [4.78, 5) is 4.75. The van der Waals surface area contributed by atoms with Gasteiger partial charge in [0.05, 0.1) is 12.6 Å². The Bertz CT molecular complexity index is 825. The van der Waals surface area contributed by atoms with E-state index in [4.69, 9.17) is 16.0 Å². The average Bonchev–Trinajstić information content (AvgIpc) is 3.09. The molecule has 1 aliphatic rings. The van der Waals surface area contributed by atoms with Crippen molar-refractivity contribution in [2.45, 2.75) is 6.04 Å². The SMILES string of the molecule is Cl.OCCN1CCN(C(c2ccc(Cl)cc2)c2cc3ccccc3o2)CC1. The molecule has 1 fully saturated rings. The van der Waals surface area contributed by atoms with Crippen molar-refractivity contribution in [3.8, 4) is 0 Å². The van der Waals surface area contributed by atoms with Crippen LogP contribution in [0.25, 0.3) is 11.0 Å². The number of rotatable bonds is 5. The summed E-state index contributed by atoms with van der Waals surface area (Å²) >= 11 is 6.10. The van der Waals surface area contributed by atoms with E-state index >= 15 is 0 Å². The number of β-amino-alcohol motifs (C(OH)–C–C–N with tert-alkyl or cyclic N) is 1. The van der Waals surface area contributed by atoms with E-state index in [9.17, 15) is 5.11 Å². The number of hydrogen-bond donors (Lipinski definition) is 1. The van der Waals surface area contributed by atoms with E-state index in [1.165, 1.54) is 5.56 Å². The van der Waals surface area contributed by atoms with Gasteiger partial charge in [0.25, 0.3) is 0 Å². The Morgan fingerprint density at radius 2 is 1.70 bits per heavy atom. The van der Waals surface area contributed by atoms with Crippen molar-refractivity contribution in [1.82, 2.24) is 9.80 Å². The zero-order chi connectivity index (χ0) is 17.9. The van der Waals surface area contributed by atoms with Crippen LogP contribution in [-0.4, -0.2) is 54.2 Å². The molecule has 1 atom stereocenters. The molecule has 6 heteroatoms. The van der Waals surface area contributed by atoms with Crippen LogP contribution >= 0.6 is 24.0 Å². The summed E-state index contributed by atoms with van der Waals surface area (Å²) in [6, 6.07) is 18.4. The van der Waals surface area contributed by atoms with Crippen LogP contribution in [0.3, 0.4) is 0 Å². The van der Waals surface area contributed by atoms with Crippen LogP contribution in [0.4, 0.5) is 0 Å². The summed E-state index contributed by atoms with van der Waals surface area (Å²) < 4.78 is 6.21. The predicted octanol–water partition coefficient (Wildman–Crippen LogP) is 4.21. The van der Waals surface area contributed by atoms with Crippen LogP contribution in [0.1, 0.15) is 17.4 Å². The number of fused-ring (bicyclic) bond motifs is 1. The Labute approximate surface area is 170 Å². The van der Waals surface area contributed by atoms with Crippen LogP contribution in [0.2, 0.25) is 5.02 Å². The Balaban J connectivity index is 0.00000210. The topological polar surface area (TPSA) is 39.9 Å². The fraction of sp³-hybridized carbons (Fsp3) is 0.333. The van der Waals surface area contributed by atoms with Gasteiger partial charge >= 0.3 is 0 Å². The normalized spacial score (nSPS) is 17.0. The molecule has 0 amide bonds. The third-order valence-corrected chi connectivity index (χ3v) is 5.34. The van der Waals surface area contributed by atoms with Gasteiger partial charge < -0.3 is 9.52 Å². The summed E-state index contributed by atoms with van der Waals surface area (Å²) in [6.07, 6.45) is 0. The van der Waals surface area contributed by atoms with Gasteiger partial charge in [-0.15, -0.1) is 12.4 Å². The van der Waals surface area contributed by atoms with Crippen LogP contribution < -0.4 is 0 Å². The Kier molecular flexibility index (Phi) is 6.79. The molecule has 4 nitrogen and oxygen atoms in total. The molecule has 4 rings (SSSR count). The maximum absolute atomic E-state index is 9.17. The molecule has 144 valence electrons. The number of furan rings is 1. The standard InChI is InChI=1S/C21H23ClN2O2.ClH/c22-18-7-5-16(6-8-18)21(24-11-9-23(10-12-24)13-14-25)20-15-17-3-1-2-4-19(17)26-20;/h1-8,15,21,25H,9-14H2;1H. The lowest BCUT2D eigenvalue weighted by atomic mass is 10.0. The highest BCUT2D eigenvalue weighted by atomic mass is 35.5. The molecule has 0 aliphatic carbocycles. The Hall–Kier alpha value is -1.56. The number of para-hydroxylation sites is 1. The third kappa shape index (κ3) is 4.48. The van der Waals surface area contributed by atoms with Gasteiger partial charge in [-0.05, 0) is 29.8 Å². The fourth-order valence-electron chi connectivity index (χ4n) is 3.72. The van der Waals surface area contributed by atoms with Crippen LogP contribution in [-0.2, 0) is 0 Å². The summed E-state index contributed by atoms with van der Waals surface area (Å²) in [5.41, 5.74) is 2.10. The molecule has 0 radical (unpaired) electrons. The zero-order valence-electron chi connectivity index (χ0n) is 15.1. The van der Waals surface area contributed by atoms with Crippen molar-refractivity contribution < 1.29 is 9.52 Å². The highest BCUT2D eigenvalue weighted by Gasteiger charge is 2.28. The number of piperazine rings is 1. The van der Waals surface area contributed by atoms with E-state index in [1.54, 1.807) is 0 Å². The maximum atomic E-state index is 9.17. The minimum Gasteiger partial charge on any atom is -0.459 e. The minimum absolute atomic E-state index is 0. The van der Waals surface area contributed by atoms with Crippen molar-refractivity contribution in [3.05, 3.63) is 70.9 Å². The number of halogens is 2. The molecular formula is C21H24Cl2N2O2. The maximum Gasteiger partial charge on any atom is 0.134 e. The van der Waals surface area contributed by atoms with Gasteiger partial charge in [0, 0.05) is 43.1 Å². The van der Waals surface area contributed by atoms with Gasteiger partial charge in [-0.25, -0.2) is 0 Å². The summed E-state index contributed by atoms with van der Waals surface area (Å²) in [5.74, 6) is 0.962. The predicted molar refractivity (Wildman–Crippen MR) is 112 cm³/mol. The van der Waals surface area contributed by atoms with Gasteiger partial charge in [0.1, 0.15) is 11.3 Å². The quantitative estimate of drug-likeness (QED) is 0.688. The first-order chi connectivity index (χ1) is 12.7. The molecule has 2 aromatic carbocycles. The molecule has 0 spiro atoms. The number of hydrogen-bond acceptors (Lipinski definition) is 4. The van der Waals surface area contributed by atoms with Gasteiger partial charge in [0.15, 0.2) is 0 Å². The molecule has 3 aromatic rings. The van der Waals surface area contributed by atoms with Crippen molar-refractivity contribution in [1.29, 1.82) is 0 Å². The first kappa shape index (κ1) is 20.2. The van der Waals surface area contributed by atoms with Crippen LogP contribution in [0.5, 0.6) is 0 Å². The van der Waals surface area contributed by atoms with E-state index in [-0.39, 0.29) is 25.1 Å². The highest BCUT2D eigenvalue weighted by molar-refractivity contribution is 6.30. The lowest BCUT2D eigenvalue weighted by molar-refractivity contribution is 0.0887. The van der Waals surface area contributed by atoms with E-state index in [1.807, 2.05) is 30.3 Å². The van der Waals surface area contributed by atoms with Gasteiger partial charge in [0.2, 0.25) is 0 Å². The molecule has 1 saturated heterocycles. The van der Waals surface area contributed by atoms with Crippen molar-refractivity contribution >= 4 is 35.0 Å². The highest BCUT2D eigenvalue weighted by Crippen LogP contribution is 2.34. The Morgan fingerprint density at radius 1 is 1.00 bits per heavy atom. The van der Waals surface area contributed by atoms with E-state index in [2.05, 4.69) is 34.1 Å². The second-order valence-corrected chi connectivity index (χ2v) is 7.18. The smallest absolute Gasteiger partial charge is 0.134 e. The van der Waals surface area contributed by atoms with Gasteiger partial charge in [-0.2, -0.15) is 0 Å². The Morgan fingerprint density at radius 3 is 2.37 bits per heavy atom. The number of benzene rings is 2. The van der Waals surface area contributed by atoms with Crippen LogP contribution in [0, 0.1) is 0 Å². The zero-order valence-corrected chi connectivity index (χ0v) is 16.6. The molecule has 1 aromatic heterocycles. The van der Waals surface area contributed by atoms with Crippen molar-refractivity contribution in [2.24, 2.45) is 0 Å². The summed E-state index contributed by atoms with van der Waals surface area (Å²) in [7, 11) is 0. The van der Waals surface area contributed by atoms with Crippen molar-refractivity contribution in [3.63, 3.8) is 0 Å². The first-order valence-electron chi connectivity index (χ1n) is 9.06. The van der Waals surface area contributed by atoms with Gasteiger partial charge in [-0.1, -0.05) is 41.9 Å². The summed E-state index contributed by atoms with van der Waals surface area (Å²) in [6.45, 7) is 4.72. The third-order valence-electron chi connectivity index (χ3n) is 5.09. The second-order valence-electron chi connectivity index (χ2n) is 6.74. The molecule has 1 unspecified atom stereocenters. The molecule has 1 N–H and O–H groups in total. The van der Waals surface area contributed by atoms with E-state index in [0.717, 1.165) is 54.5 Å².